The molecule has 1 aliphatic heterocycles. The molecule has 0 saturated carbocycles. The number of hydrogen-bond acceptors (Lipinski definition) is 5. The first-order chi connectivity index (χ1) is 13.1. The summed E-state index contributed by atoms with van der Waals surface area (Å²) in [6.45, 7) is 2.26. The minimum atomic E-state index is -0.469. The van der Waals surface area contributed by atoms with Gasteiger partial charge in [-0.25, -0.2) is 0 Å². The third kappa shape index (κ3) is 5.27. The average Bonchev–Trinajstić information content (AvgIpc) is 3.18. The van der Waals surface area contributed by atoms with Gasteiger partial charge in [0.2, 0.25) is 11.8 Å². The van der Waals surface area contributed by atoms with Crippen LogP contribution < -0.4 is 5.32 Å². The highest BCUT2D eigenvalue weighted by atomic mass is 16.5. The largest absolute Gasteiger partial charge is 0.360 e. The molecular formula is C20H24N4O3. The number of aromatic nitrogens is 1. The molecule has 2 amide bonds. The lowest BCUT2D eigenvalue weighted by atomic mass is 10.1. The number of amides is 2. The molecule has 1 unspecified atom stereocenters. The van der Waals surface area contributed by atoms with E-state index in [2.05, 4.69) is 10.5 Å². The molecule has 142 valence electrons. The molecule has 7 nitrogen and oxygen atoms in total. The summed E-state index contributed by atoms with van der Waals surface area (Å²) in [7, 11) is 1.70. The van der Waals surface area contributed by atoms with Crippen molar-refractivity contribution in [1.82, 2.24) is 20.3 Å². The molecule has 0 spiro atoms. The molecule has 27 heavy (non-hydrogen) atoms. The second kappa shape index (κ2) is 9.14. The fraction of sp³-hybridized carbons (Fsp3) is 0.350. The molecule has 0 bridgehead atoms. The molecule has 3 rings (SSSR count). The van der Waals surface area contributed by atoms with Crippen molar-refractivity contribution < 1.29 is 14.1 Å². The standard InChI is InChI=1S/C20H24N4O3/c1-23(15-17-9-10-22-27-17)19(25)14-18-20(26)21-11-13-24(18)12-5-8-16-6-3-2-4-7-16/h2-10,18H,11-15H2,1H3,(H,21,26)/b8-5+. The van der Waals surface area contributed by atoms with Gasteiger partial charge in [-0.3, -0.25) is 14.5 Å². The average molecular weight is 368 g/mol. The first-order valence-electron chi connectivity index (χ1n) is 9.00. The van der Waals surface area contributed by atoms with E-state index >= 15 is 0 Å². The number of nitrogens with one attached hydrogen (secondary N) is 1. The normalized spacial score (nSPS) is 17.8. The van der Waals surface area contributed by atoms with E-state index < -0.39 is 6.04 Å². The van der Waals surface area contributed by atoms with Crippen LogP contribution in [0.25, 0.3) is 6.08 Å². The molecule has 2 heterocycles. The minimum Gasteiger partial charge on any atom is -0.360 e. The van der Waals surface area contributed by atoms with Crippen molar-refractivity contribution >= 4 is 17.9 Å². The second-order valence-electron chi connectivity index (χ2n) is 6.55. The van der Waals surface area contributed by atoms with E-state index in [-0.39, 0.29) is 18.2 Å². The van der Waals surface area contributed by atoms with Gasteiger partial charge in [-0.2, -0.15) is 0 Å². The van der Waals surface area contributed by atoms with Crippen molar-refractivity contribution in [3.63, 3.8) is 0 Å². The minimum absolute atomic E-state index is 0.101. The summed E-state index contributed by atoms with van der Waals surface area (Å²) in [5, 5.41) is 6.50. The summed E-state index contributed by atoms with van der Waals surface area (Å²) in [5.41, 5.74) is 1.11. The van der Waals surface area contributed by atoms with Crippen molar-refractivity contribution in [3.05, 3.63) is 60.0 Å². The van der Waals surface area contributed by atoms with E-state index in [0.29, 0.717) is 31.9 Å². The van der Waals surface area contributed by atoms with Crippen molar-refractivity contribution in [2.24, 2.45) is 0 Å². The van der Waals surface area contributed by atoms with Gasteiger partial charge in [0, 0.05) is 32.7 Å². The molecule has 0 aliphatic carbocycles. The van der Waals surface area contributed by atoms with Gasteiger partial charge in [-0.05, 0) is 5.56 Å². The predicted octanol–water partition coefficient (Wildman–Crippen LogP) is 1.54. The van der Waals surface area contributed by atoms with E-state index in [1.54, 1.807) is 24.2 Å². The van der Waals surface area contributed by atoms with Gasteiger partial charge < -0.3 is 14.7 Å². The maximum atomic E-state index is 12.6. The third-order valence-electron chi connectivity index (χ3n) is 4.57. The summed E-state index contributed by atoms with van der Waals surface area (Å²) >= 11 is 0. The molecule has 2 aromatic rings. The molecule has 7 heteroatoms. The number of piperazine rings is 1. The van der Waals surface area contributed by atoms with E-state index in [1.165, 1.54) is 0 Å². The Morgan fingerprint density at radius 1 is 1.37 bits per heavy atom. The van der Waals surface area contributed by atoms with Gasteiger partial charge in [0.25, 0.3) is 0 Å². The fourth-order valence-corrected chi connectivity index (χ4v) is 3.06. The molecule has 1 aliphatic rings. The summed E-state index contributed by atoms with van der Waals surface area (Å²) in [6.07, 6.45) is 5.74. The van der Waals surface area contributed by atoms with Gasteiger partial charge in [0.05, 0.1) is 25.2 Å². The zero-order valence-corrected chi connectivity index (χ0v) is 15.4. The van der Waals surface area contributed by atoms with E-state index in [4.69, 9.17) is 4.52 Å². The summed E-state index contributed by atoms with van der Waals surface area (Å²) in [4.78, 5) is 28.5. The molecular weight excluding hydrogens is 344 g/mol. The van der Waals surface area contributed by atoms with Crippen molar-refractivity contribution in [2.45, 2.75) is 19.0 Å². The molecule has 1 saturated heterocycles. The monoisotopic (exact) mass is 368 g/mol. The number of benzene rings is 1. The Bertz CT molecular complexity index is 774. The van der Waals surface area contributed by atoms with Gasteiger partial charge in [-0.1, -0.05) is 47.6 Å². The molecule has 1 aromatic heterocycles. The zero-order chi connectivity index (χ0) is 19.1. The smallest absolute Gasteiger partial charge is 0.237 e. The van der Waals surface area contributed by atoms with Crippen LogP contribution in [0.1, 0.15) is 17.7 Å². The molecule has 1 atom stereocenters. The SMILES string of the molecule is CN(Cc1ccno1)C(=O)CC1C(=O)NCCN1C/C=C/c1ccccc1. The highest BCUT2D eigenvalue weighted by Crippen LogP contribution is 2.13. The summed E-state index contributed by atoms with van der Waals surface area (Å²) in [6, 6.07) is 11.3. The van der Waals surface area contributed by atoms with Crippen LogP contribution in [0.4, 0.5) is 0 Å². The van der Waals surface area contributed by atoms with Crippen molar-refractivity contribution in [2.75, 3.05) is 26.7 Å². The zero-order valence-electron chi connectivity index (χ0n) is 15.4. The Kier molecular flexibility index (Phi) is 6.38. The van der Waals surface area contributed by atoms with E-state index in [1.807, 2.05) is 47.4 Å². The van der Waals surface area contributed by atoms with Gasteiger partial charge in [-0.15, -0.1) is 0 Å². The Morgan fingerprint density at radius 2 is 2.19 bits per heavy atom. The lowest BCUT2D eigenvalue weighted by molar-refractivity contribution is -0.138. The highest BCUT2D eigenvalue weighted by molar-refractivity contribution is 5.88. The fourth-order valence-electron chi connectivity index (χ4n) is 3.06. The van der Waals surface area contributed by atoms with Gasteiger partial charge in [0.15, 0.2) is 5.76 Å². The number of nitrogens with zero attached hydrogens (tertiary/aromatic N) is 3. The molecule has 1 N–H and O–H groups in total. The molecule has 1 aromatic carbocycles. The maximum Gasteiger partial charge on any atom is 0.237 e. The Balaban J connectivity index is 1.59. The quantitative estimate of drug-likeness (QED) is 0.802. The van der Waals surface area contributed by atoms with Crippen LogP contribution in [0, 0.1) is 0 Å². The molecule has 0 radical (unpaired) electrons. The van der Waals surface area contributed by atoms with Crippen molar-refractivity contribution in [1.29, 1.82) is 0 Å². The second-order valence-corrected chi connectivity index (χ2v) is 6.55. The van der Waals surface area contributed by atoms with Crippen LogP contribution in [-0.2, 0) is 16.1 Å². The van der Waals surface area contributed by atoms with Crippen LogP contribution in [0.2, 0.25) is 0 Å². The van der Waals surface area contributed by atoms with E-state index in [0.717, 1.165) is 5.56 Å². The molecule has 1 fully saturated rings. The topological polar surface area (TPSA) is 78.7 Å². The van der Waals surface area contributed by atoms with Crippen molar-refractivity contribution in [3.8, 4) is 0 Å². The maximum absolute atomic E-state index is 12.6. The van der Waals surface area contributed by atoms with Crippen LogP contribution in [0.3, 0.4) is 0 Å². The first-order valence-corrected chi connectivity index (χ1v) is 9.00. The Morgan fingerprint density at radius 3 is 2.93 bits per heavy atom. The van der Waals surface area contributed by atoms with Crippen LogP contribution in [-0.4, -0.2) is 59.5 Å². The Labute approximate surface area is 158 Å². The van der Waals surface area contributed by atoms with Crippen LogP contribution in [0.15, 0.2) is 53.2 Å². The predicted molar refractivity (Wildman–Crippen MR) is 101 cm³/mol. The number of carbonyl (C=O) groups is 2. The third-order valence-corrected chi connectivity index (χ3v) is 4.57. The summed E-state index contributed by atoms with van der Waals surface area (Å²) < 4.78 is 5.04. The number of carbonyl (C=O) groups excluding carboxylic acids is 2. The van der Waals surface area contributed by atoms with Crippen LogP contribution >= 0.6 is 0 Å². The van der Waals surface area contributed by atoms with Crippen LogP contribution in [0.5, 0.6) is 0 Å². The number of rotatable bonds is 7. The summed E-state index contributed by atoms with van der Waals surface area (Å²) in [5.74, 6) is 0.405. The van der Waals surface area contributed by atoms with Gasteiger partial charge >= 0.3 is 0 Å². The lowest BCUT2D eigenvalue weighted by Crippen LogP contribution is -2.56. The lowest BCUT2D eigenvalue weighted by Gasteiger charge is -2.34. The van der Waals surface area contributed by atoms with Gasteiger partial charge in [0.1, 0.15) is 0 Å². The first kappa shape index (κ1) is 18.8. The number of hydrogen-bond donors (Lipinski definition) is 1. The Hall–Kier alpha value is -2.93. The van der Waals surface area contributed by atoms with E-state index in [9.17, 15) is 9.59 Å². The highest BCUT2D eigenvalue weighted by Gasteiger charge is 2.31.